The van der Waals surface area contributed by atoms with Crippen LogP contribution in [-0.2, 0) is 11.0 Å². The average molecular weight is 349 g/mol. The fraction of sp³-hybridized carbons (Fsp3) is 0.333. The molecule has 0 radical (unpaired) electrons. The summed E-state index contributed by atoms with van der Waals surface area (Å²) in [6.45, 7) is 1.82. The number of hydrogen-bond donors (Lipinski definition) is 3. The maximum Gasteiger partial charge on any atom is 0.417 e. The van der Waals surface area contributed by atoms with Crippen LogP contribution in [0.1, 0.15) is 17.8 Å². The number of anilines is 2. The zero-order valence-electron chi connectivity index (χ0n) is 11.8. The van der Waals surface area contributed by atoms with Crippen molar-refractivity contribution in [1.82, 2.24) is 20.2 Å². The van der Waals surface area contributed by atoms with E-state index in [0.29, 0.717) is 12.0 Å². The van der Waals surface area contributed by atoms with E-state index in [1.807, 2.05) is 0 Å². The molecule has 2 aromatic heterocycles. The third-order valence-electron chi connectivity index (χ3n) is 2.66. The number of nitrogens with one attached hydrogen (secondary N) is 3. The second-order valence-corrected chi connectivity index (χ2v) is 4.93. The third-order valence-corrected chi connectivity index (χ3v) is 2.95. The summed E-state index contributed by atoms with van der Waals surface area (Å²) in [6, 6.07) is 0.771. The molecule has 2 aromatic rings. The molecule has 0 aliphatic rings. The first-order valence-corrected chi connectivity index (χ1v) is 6.79. The summed E-state index contributed by atoms with van der Waals surface area (Å²) in [7, 11) is 0. The molecule has 2 heterocycles. The third kappa shape index (κ3) is 4.81. The number of H-pyrrole nitrogens is 1. The zero-order chi connectivity index (χ0) is 17.0. The van der Waals surface area contributed by atoms with Gasteiger partial charge in [-0.15, -0.1) is 5.10 Å². The number of pyridine rings is 1. The normalized spacial score (nSPS) is 11.3. The first-order chi connectivity index (χ1) is 10.8. The van der Waals surface area contributed by atoms with Crippen LogP contribution in [0, 0.1) is 6.92 Å². The molecule has 0 fully saturated rings. The number of alkyl halides is 3. The summed E-state index contributed by atoms with van der Waals surface area (Å²) in [5.41, 5.74) is -0.939. The summed E-state index contributed by atoms with van der Waals surface area (Å²) in [5.74, 6) is 0.415. The van der Waals surface area contributed by atoms with Crippen molar-refractivity contribution in [2.75, 3.05) is 17.2 Å². The van der Waals surface area contributed by atoms with E-state index in [1.165, 1.54) is 0 Å². The van der Waals surface area contributed by atoms with E-state index in [4.69, 9.17) is 11.6 Å². The molecule has 23 heavy (non-hydrogen) atoms. The lowest BCUT2D eigenvalue weighted by Gasteiger charge is -2.10. The number of hydrogen-bond acceptors (Lipinski definition) is 5. The molecule has 0 aromatic carbocycles. The van der Waals surface area contributed by atoms with Crippen molar-refractivity contribution < 1.29 is 18.0 Å². The van der Waals surface area contributed by atoms with Crippen molar-refractivity contribution in [3.8, 4) is 0 Å². The first-order valence-electron chi connectivity index (χ1n) is 6.41. The van der Waals surface area contributed by atoms with Crippen molar-refractivity contribution >= 4 is 29.3 Å². The number of carbonyl (C=O) groups excluding carboxylic acids is 1. The highest BCUT2D eigenvalue weighted by atomic mass is 35.5. The largest absolute Gasteiger partial charge is 0.417 e. The Hall–Kier alpha value is -2.36. The van der Waals surface area contributed by atoms with E-state index < -0.39 is 11.7 Å². The van der Waals surface area contributed by atoms with Crippen molar-refractivity contribution in [2.45, 2.75) is 19.5 Å². The van der Waals surface area contributed by atoms with Crippen molar-refractivity contribution in [3.05, 3.63) is 28.7 Å². The molecule has 7 nitrogen and oxygen atoms in total. The fourth-order valence-electron chi connectivity index (χ4n) is 1.60. The number of halogens is 4. The molecule has 11 heteroatoms. The number of aromatic amines is 1. The second-order valence-electron chi connectivity index (χ2n) is 4.52. The molecular weight excluding hydrogens is 337 g/mol. The van der Waals surface area contributed by atoms with Gasteiger partial charge in [0.2, 0.25) is 11.9 Å². The zero-order valence-corrected chi connectivity index (χ0v) is 12.6. The number of aromatic nitrogens is 4. The molecule has 0 saturated heterocycles. The van der Waals surface area contributed by atoms with Gasteiger partial charge in [-0.05, 0) is 13.0 Å². The Bertz CT molecular complexity index is 702. The highest BCUT2D eigenvalue weighted by Crippen LogP contribution is 2.32. The van der Waals surface area contributed by atoms with Gasteiger partial charge in [-0.2, -0.15) is 18.2 Å². The van der Waals surface area contributed by atoms with Crippen LogP contribution in [0.2, 0.25) is 5.02 Å². The predicted molar refractivity (Wildman–Crippen MR) is 77.1 cm³/mol. The maximum atomic E-state index is 12.5. The Morgan fingerprint density at radius 2 is 2.17 bits per heavy atom. The molecule has 0 spiro atoms. The van der Waals surface area contributed by atoms with Gasteiger partial charge in [0.15, 0.2) is 0 Å². The van der Waals surface area contributed by atoms with E-state index in [1.54, 1.807) is 6.92 Å². The van der Waals surface area contributed by atoms with E-state index in [9.17, 15) is 18.0 Å². The first kappa shape index (κ1) is 17.0. The highest BCUT2D eigenvalue weighted by molar-refractivity contribution is 6.32. The lowest BCUT2D eigenvalue weighted by Crippen LogP contribution is -2.17. The second kappa shape index (κ2) is 6.82. The van der Waals surface area contributed by atoms with Gasteiger partial charge in [-0.1, -0.05) is 11.6 Å². The Balaban J connectivity index is 1.85. The minimum absolute atomic E-state index is 0.0343. The van der Waals surface area contributed by atoms with Crippen LogP contribution < -0.4 is 10.6 Å². The van der Waals surface area contributed by atoms with Crippen molar-refractivity contribution in [2.24, 2.45) is 0 Å². The van der Waals surface area contributed by atoms with Crippen LogP contribution in [0.25, 0.3) is 0 Å². The van der Waals surface area contributed by atoms with Gasteiger partial charge in [-0.3, -0.25) is 15.2 Å². The minimum atomic E-state index is -4.51. The van der Waals surface area contributed by atoms with Gasteiger partial charge >= 0.3 is 6.18 Å². The summed E-state index contributed by atoms with van der Waals surface area (Å²) >= 11 is 5.73. The topological polar surface area (TPSA) is 95.6 Å². The Labute approximate surface area is 133 Å². The molecule has 0 aliphatic heterocycles. The van der Waals surface area contributed by atoms with E-state index in [-0.39, 0.29) is 35.7 Å². The van der Waals surface area contributed by atoms with Gasteiger partial charge in [0, 0.05) is 19.2 Å². The Morgan fingerprint density at radius 1 is 1.43 bits per heavy atom. The van der Waals surface area contributed by atoms with Crippen molar-refractivity contribution in [1.29, 1.82) is 0 Å². The summed E-state index contributed by atoms with van der Waals surface area (Å²) < 4.78 is 37.4. The fourth-order valence-corrected chi connectivity index (χ4v) is 1.84. The van der Waals surface area contributed by atoms with Crippen LogP contribution >= 0.6 is 11.6 Å². The monoisotopic (exact) mass is 348 g/mol. The Kier molecular flexibility index (Phi) is 5.04. The van der Waals surface area contributed by atoms with Crippen LogP contribution in [0.3, 0.4) is 0 Å². The highest BCUT2D eigenvalue weighted by Gasteiger charge is 2.31. The predicted octanol–water partition coefficient (Wildman–Crippen LogP) is 2.62. The van der Waals surface area contributed by atoms with Gasteiger partial charge in [-0.25, -0.2) is 4.98 Å². The number of rotatable bonds is 5. The lowest BCUT2D eigenvalue weighted by atomic mass is 10.2. The molecule has 1 amide bonds. The summed E-state index contributed by atoms with van der Waals surface area (Å²) in [4.78, 5) is 19.1. The molecule has 0 saturated carbocycles. The van der Waals surface area contributed by atoms with Crippen LogP contribution in [0.4, 0.5) is 24.9 Å². The number of carbonyl (C=O) groups is 1. The van der Waals surface area contributed by atoms with E-state index >= 15 is 0 Å². The maximum absolute atomic E-state index is 12.5. The van der Waals surface area contributed by atoms with Gasteiger partial charge in [0.25, 0.3) is 0 Å². The molecule has 0 atom stereocenters. The minimum Gasteiger partial charge on any atom is -0.368 e. The smallest absolute Gasteiger partial charge is 0.368 e. The summed E-state index contributed by atoms with van der Waals surface area (Å²) in [5, 5.41) is 11.3. The molecule has 3 N–H and O–H groups in total. The quantitative estimate of drug-likeness (QED) is 0.772. The van der Waals surface area contributed by atoms with Gasteiger partial charge in [0.05, 0.1) is 10.6 Å². The number of amides is 1. The molecule has 2 rings (SSSR count). The molecule has 0 bridgehead atoms. The van der Waals surface area contributed by atoms with Crippen molar-refractivity contribution in [3.63, 3.8) is 0 Å². The average Bonchev–Trinajstić information content (AvgIpc) is 2.84. The number of aryl methyl sites for hydroxylation is 1. The lowest BCUT2D eigenvalue weighted by molar-refractivity contribution is -0.137. The summed E-state index contributed by atoms with van der Waals surface area (Å²) in [6.07, 6.45) is -3.80. The van der Waals surface area contributed by atoms with Gasteiger partial charge < -0.3 is 5.32 Å². The molecule has 0 aliphatic carbocycles. The van der Waals surface area contributed by atoms with Gasteiger partial charge in [0.1, 0.15) is 11.6 Å². The Morgan fingerprint density at radius 3 is 2.74 bits per heavy atom. The van der Waals surface area contributed by atoms with E-state index in [2.05, 4.69) is 30.8 Å². The van der Waals surface area contributed by atoms with E-state index in [0.717, 1.165) is 6.07 Å². The van der Waals surface area contributed by atoms with Crippen LogP contribution in [0.5, 0.6) is 0 Å². The van der Waals surface area contributed by atoms with Crippen LogP contribution in [-0.4, -0.2) is 32.6 Å². The molecule has 124 valence electrons. The molecular formula is C12H12ClF3N6O. The standard InChI is InChI=1S/C12H12ClF3N6O/c1-6-19-11(22-21-6)20-9(23)2-3-17-10-8(13)4-7(5-18-10)12(14,15)16/h4-5H,2-3H2,1H3,(H,17,18)(H2,19,20,21,22,23). The number of nitrogens with zero attached hydrogens (tertiary/aromatic N) is 3. The SMILES string of the molecule is Cc1nc(NC(=O)CCNc2ncc(C(F)(F)F)cc2Cl)n[nH]1. The molecule has 0 unspecified atom stereocenters. The van der Waals surface area contributed by atoms with Crippen LogP contribution in [0.15, 0.2) is 12.3 Å².